The lowest BCUT2D eigenvalue weighted by Gasteiger charge is -2.35. The second kappa shape index (κ2) is 7.63. The maximum atomic E-state index is 12.0. The summed E-state index contributed by atoms with van der Waals surface area (Å²) in [5, 5.41) is 7.38. The summed E-state index contributed by atoms with van der Waals surface area (Å²) < 4.78 is 1.28. The minimum absolute atomic E-state index is 0.206. The predicted octanol–water partition coefficient (Wildman–Crippen LogP) is 1.06. The predicted molar refractivity (Wildman–Crippen MR) is 95.9 cm³/mol. The van der Waals surface area contributed by atoms with Gasteiger partial charge >= 0.3 is 0 Å². The molecule has 1 N–H and O–H groups in total. The van der Waals surface area contributed by atoms with E-state index in [1.54, 1.807) is 7.05 Å². The van der Waals surface area contributed by atoms with Crippen molar-refractivity contribution in [1.82, 2.24) is 19.7 Å². The Hall–Kier alpha value is -2.12. The number of hydrogen-bond acceptors (Lipinski definition) is 6. The molecule has 24 heavy (non-hydrogen) atoms. The summed E-state index contributed by atoms with van der Waals surface area (Å²) >= 11 is 6.04. The first kappa shape index (κ1) is 16.7. The standard InChI is InChI=1S/C16H21ClN6O/c1-21-16(24)15(13(17)12-20-21)19-6-7-22-8-10-23(11-9-22)14-4-2-3-5-18-14/h2-5,12,19H,6-11H2,1H3. The Morgan fingerprint density at radius 3 is 2.75 bits per heavy atom. The van der Waals surface area contributed by atoms with Crippen LogP contribution in [0.4, 0.5) is 11.5 Å². The lowest BCUT2D eigenvalue weighted by molar-refractivity contribution is 0.266. The van der Waals surface area contributed by atoms with Gasteiger partial charge in [-0.1, -0.05) is 17.7 Å². The van der Waals surface area contributed by atoms with Gasteiger partial charge in [-0.2, -0.15) is 5.10 Å². The zero-order chi connectivity index (χ0) is 16.9. The molecule has 3 rings (SSSR count). The first-order chi connectivity index (χ1) is 11.6. The zero-order valence-corrected chi connectivity index (χ0v) is 14.4. The summed E-state index contributed by atoms with van der Waals surface area (Å²) in [5.41, 5.74) is 0.212. The van der Waals surface area contributed by atoms with E-state index in [2.05, 4.69) is 25.2 Å². The average molecular weight is 349 g/mol. The molecule has 1 fully saturated rings. The molecule has 1 aliphatic rings. The molecule has 2 aromatic rings. The molecule has 0 atom stereocenters. The molecule has 3 heterocycles. The van der Waals surface area contributed by atoms with Crippen LogP contribution in [0.1, 0.15) is 0 Å². The Morgan fingerprint density at radius 2 is 2.04 bits per heavy atom. The van der Waals surface area contributed by atoms with Gasteiger partial charge in [0.25, 0.3) is 5.56 Å². The lowest BCUT2D eigenvalue weighted by atomic mass is 10.3. The number of aryl methyl sites for hydroxylation is 1. The van der Waals surface area contributed by atoms with E-state index in [9.17, 15) is 4.79 Å². The highest BCUT2D eigenvalue weighted by molar-refractivity contribution is 6.32. The normalized spacial score (nSPS) is 15.5. The highest BCUT2D eigenvalue weighted by atomic mass is 35.5. The molecule has 0 amide bonds. The van der Waals surface area contributed by atoms with Crippen molar-refractivity contribution in [1.29, 1.82) is 0 Å². The first-order valence-corrected chi connectivity index (χ1v) is 8.37. The highest BCUT2D eigenvalue weighted by Crippen LogP contribution is 2.15. The summed E-state index contributed by atoms with van der Waals surface area (Å²) in [5.74, 6) is 1.03. The van der Waals surface area contributed by atoms with E-state index in [1.165, 1.54) is 10.9 Å². The molecule has 0 aliphatic carbocycles. The summed E-state index contributed by atoms with van der Waals surface area (Å²) in [4.78, 5) is 21.1. The molecule has 2 aromatic heterocycles. The molecule has 8 heteroatoms. The molecule has 7 nitrogen and oxygen atoms in total. The van der Waals surface area contributed by atoms with E-state index in [1.807, 2.05) is 24.4 Å². The van der Waals surface area contributed by atoms with Crippen LogP contribution in [-0.2, 0) is 7.05 Å². The van der Waals surface area contributed by atoms with Crippen molar-refractivity contribution in [2.45, 2.75) is 0 Å². The van der Waals surface area contributed by atoms with E-state index in [4.69, 9.17) is 11.6 Å². The fourth-order valence-corrected chi connectivity index (χ4v) is 2.95. The van der Waals surface area contributed by atoms with E-state index >= 15 is 0 Å². The van der Waals surface area contributed by atoms with Crippen LogP contribution in [0.2, 0.25) is 5.02 Å². The topological polar surface area (TPSA) is 66.3 Å². The molecule has 0 unspecified atom stereocenters. The number of nitrogens with zero attached hydrogens (tertiary/aromatic N) is 5. The monoisotopic (exact) mass is 348 g/mol. The Bertz CT molecular complexity index is 727. The number of hydrogen-bond donors (Lipinski definition) is 1. The second-order valence-electron chi connectivity index (χ2n) is 5.74. The smallest absolute Gasteiger partial charge is 0.291 e. The molecule has 0 spiro atoms. The van der Waals surface area contributed by atoms with Crippen LogP contribution in [-0.4, -0.2) is 58.9 Å². The van der Waals surface area contributed by atoms with E-state index in [0.717, 1.165) is 38.5 Å². The molecular formula is C16H21ClN6O. The van der Waals surface area contributed by atoms with Crippen molar-refractivity contribution >= 4 is 23.1 Å². The van der Waals surface area contributed by atoms with Gasteiger partial charge in [-0.15, -0.1) is 0 Å². The summed E-state index contributed by atoms with van der Waals surface area (Å²) in [6, 6.07) is 5.98. The molecular weight excluding hydrogens is 328 g/mol. The van der Waals surface area contributed by atoms with Crippen molar-refractivity contribution in [3.05, 3.63) is 46.0 Å². The van der Waals surface area contributed by atoms with Crippen molar-refractivity contribution in [2.75, 3.05) is 49.5 Å². The van der Waals surface area contributed by atoms with Gasteiger partial charge in [-0.25, -0.2) is 9.67 Å². The van der Waals surface area contributed by atoms with E-state index in [-0.39, 0.29) is 5.56 Å². The Balaban J connectivity index is 1.48. The Morgan fingerprint density at radius 1 is 1.25 bits per heavy atom. The fourth-order valence-electron chi connectivity index (χ4n) is 2.76. The van der Waals surface area contributed by atoms with Crippen LogP contribution >= 0.6 is 11.6 Å². The van der Waals surface area contributed by atoms with Crippen molar-refractivity contribution in [2.24, 2.45) is 7.05 Å². The molecule has 0 aromatic carbocycles. The van der Waals surface area contributed by atoms with Crippen LogP contribution < -0.4 is 15.8 Å². The molecule has 0 radical (unpaired) electrons. The first-order valence-electron chi connectivity index (χ1n) is 7.99. The zero-order valence-electron chi connectivity index (χ0n) is 13.7. The molecule has 128 valence electrons. The summed E-state index contributed by atoms with van der Waals surface area (Å²) in [6.45, 7) is 5.38. The van der Waals surface area contributed by atoms with Crippen molar-refractivity contribution in [3.63, 3.8) is 0 Å². The molecule has 1 saturated heterocycles. The summed E-state index contributed by atoms with van der Waals surface area (Å²) in [7, 11) is 1.61. The van der Waals surface area contributed by atoms with Gasteiger partial charge in [0.2, 0.25) is 0 Å². The van der Waals surface area contributed by atoms with Gasteiger partial charge < -0.3 is 10.2 Å². The third-order valence-corrected chi connectivity index (χ3v) is 4.45. The van der Waals surface area contributed by atoms with Gasteiger partial charge in [-0.3, -0.25) is 9.69 Å². The van der Waals surface area contributed by atoms with Gasteiger partial charge in [0.05, 0.1) is 11.2 Å². The van der Waals surface area contributed by atoms with Crippen LogP contribution in [0.25, 0.3) is 0 Å². The van der Waals surface area contributed by atoms with Gasteiger partial charge in [0.15, 0.2) is 0 Å². The van der Waals surface area contributed by atoms with Crippen LogP contribution in [0, 0.1) is 0 Å². The average Bonchev–Trinajstić information content (AvgIpc) is 2.62. The minimum Gasteiger partial charge on any atom is -0.378 e. The van der Waals surface area contributed by atoms with E-state index in [0.29, 0.717) is 17.3 Å². The van der Waals surface area contributed by atoms with Crippen molar-refractivity contribution in [3.8, 4) is 0 Å². The maximum absolute atomic E-state index is 12.0. The van der Waals surface area contributed by atoms with Crippen molar-refractivity contribution < 1.29 is 0 Å². The third kappa shape index (κ3) is 3.85. The van der Waals surface area contributed by atoms with Gasteiger partial charge in [0.1, 0.15) is 11.5 Å². The number of pyridine rings is 1. The number of aromatic nitrogens is 3. The number of piperazine rings is 1. The fraction of sp³-hybridized carbons (Fsp3) is 0.438. The van der Waals surface area contributed by atoms with Gasteiger partial charge in [-0.05, 0) is 12.1 Å². The van der Waals surface area contributed by atoms with E-state index < -0.39 is 0 Å². The number of nitrogens with one attached hydrogen (secondary N) is 1. The van der Waals surface area contributed by atoms with Crippen LogP contribution in [0.3, 0.4) is 0 Å². The molecule has 1 aliphatic heterocycles. The second-order valence-corrected chi connectivity index (χ2v) is 6.15. The number of anilines is 2. The number of halogens is 1. The Kier molecular flexibility index (Phi) is 5.32. The SMILES string of the molecule is Cn1ncc(Cl)c(NCCN2CCN(c3ccccn3)CC2)c1=O. The maximum Gasteiger partial charge on any atom is 0.291 e. The molecule has 0 saturated carbocycles. The highest BCUT2D eigenvalue weighted by Gasteiger charge is 2.17. The number of rotatable bonds is 5. The largest absolute Gasteiger partial charge is 0.378 e. The summed E-state index contributed by atoms with van der Waals surface area (Å²) in [6.07, 6.45) is 3.31. The molecule has 0 bridgehead atoms. The van der Waals surface area contributed by atoms with Gasteiger partial charge in [0, 0.05) is 52.5 Å². The lowest BCUT2D eigenvalue weighted by Crippen LogP contribution is -2.48. The third-order valence-electron chi connectivity index (χ3n) is 4.17. The minimum atomic E-state index is -0.206. The quantitative estimate of drug-likeness (QED) is 0.871. The van der Waals surface area contributed by atoms with Crippen LogP contribution in [0.5, 0.6) is 0 Å². The Labute approximate surface area is 145 Å². The van der Waals surface area contributed by atoms with Crippen LogP contribution in [0.15, 0.2) is 35.4 Å².